The number of hydrogen-bond acceptors (Lipinski definition) is 8. The molecule has 1 aromatic carbocycles. The SMILES string of the molecule is CC1=C(CO)CN=C(N2CCn3c(nc4cc(CO)c(S(C)(=O)=O)cc43)[C@H]2C(C)C)N1. The Hall–Kier alpha value is -2.43. The summed E-state index contributed by atoms with van der Waals surface area (Å²) in [6.45, 7) is 7.58. The van der Waals surface area contributed by atoms with Gasteiger partial charge in [-0.15, -0.1) is 0 Å². The van der Waals surface area contributed by atoms with Gasteiger partial charge in [-0.3, -0.25) is 0 Å². The van der Waals surface area contributed by atoms with Crippen LogP contribution in [0.2, 0.25) is 0 Å². The maximum absolute atomic E-state index is 12.3. The predicted octanol–water partition coefficient (Wildman–Crippen LogP) is 1.17. The van der Waals surface area contributed by atoms with E-state index in [0.717, 1.165) is 34.8 Å². The Kier molecular flexibility index (Phi) is 5.57. The molecule has 0 aliphatic carbocycles. The van der Waals surface area contributed by atoms with Crippen LogP contribution in [0.1, 0.15) is 38.2 Å². The lowest BCUT2D eigenvalue weighted by atomic mass is 10.00. The van der Waals surface area contributed by atoms with E-state index in [9.17, 15) is 18.6 Å². The van der Waals surface area contributed by atoms with Crippen molar-refractivity contribution in [3.63, 3.8) is 0 Å². The summed E-state index contributed by atoms with van der Waals surface area (Å²) in [6, 6.07) is 3.25. The third-order valence-corrected chi connectivity index (χ3v) is 7.22. The molecule has 0 amide bonds. The Morgan fingerprint density at radius 3 is 2.55 bits per heavy atom. The minimum absolute atomic E-state index is 0.0190. The second-order valence-electron chi connectivity index (χ2n) is 8.53. The summed E-state index contributed by atoms with van der Waals surface area (Å²) in [5.74, 6) is 1.83. The number of aliphatic hydroxyl groups is 2. The van der Waals surface area contributed by atoms with Crippen LogP contribution in [0.5, 0.6) is 0 Å². The van der Waals surface area contributed by atoms with Crippen LogP contribution in [-0.4, -0.2) is 65.0 Å². The van der Waals surface area contributed by atoms with Gasteiger partial charge in [0.25, 0.3) is 0 Å². The third-order valence-electron chi connectivity index (χ3n) is 6.04. The molecule has 1 atom stereocenters. The number of benzene rings is 1. The molecule has 168 valence electrons. The van der Waals surface area contributed by atoms with Crippen molar-refractivity contribution in [3.05, 3.63) is 34.8 Å². The summed E-state index contributed by atoms with van der Waals surface area (Å²) < 4.78 is 26.6. The molecule has 0 fully saturated rings. The van der Waals surface area contributed by atoms with Crippen LogP contribution < -0.4 is 5.32 Å². The van der Waals surface area contributed by atoms with Gasteiger partial charge in [-0.2, -0.15) is 0 Å². The summed E-state index contributed by atoms with van der Waals surface area (Å²) in [5, 5.41) is 22.5. The molecule has 3 N–H and O–H groups in total. The number of nitrogens with zero attached hydrogens (tertiary/aromatic N) is 4. The van der Waals surface area contributed by atoms with Crippen molar-refractivity contribution in [2.45, 2.75) is 44.9 Å². The van der Waals surface area contributed by atoms with Crippen LogP contribution in [0.3, 0.4) is 0 Å². The first-order chi connectivity index (χ1) is 14.7. The van der Waals surface area contributed by atoms with E-state index in [1.165, 1.54) is 0 Å². The van der Waals surface area contributed by atoms with E-state index in [2.05, 4.69) is 33.6 Å². The Morgan fingerprint density at radius 1 is 1.23 bits per heavy atom. The molecule has 10 heteroatoms. The molecule has 1 aromatic heterocycles. The Morgan fingerprint density at radius 2 is 1.97 bits per heavy atom. The molecule has 31 heavy (non-hydrogen) atoms. The number of hydrogen-bond donors (Lipinski definition) is 3. The van der Waals surface area contributed by atoms with Crippen molar-refractivity contribution in [2.24, 2.45) is 10.9 Å². The van der Waals surface area contributed by atoms with E-state index >= 15 is 0 Å². The van der Waals surface area contributed by atoms with Gasteiger partial charge in [0.15, 0.2) is 15.8 Å². The average Bonchev–Trinajstić information content (AvgIpc) is 3.08. The fraction of sp³-hybridized carbons (Fsp3) is 0.524. The summed E-state index contributed by atoms with van der Waals surface area (Å²) >= 11 is 0. The van der Waals surface area contributed by atoms with Crippen molar-refractivity contribution in [1.82, 2.24) is 19.8 Å². The molecule has 0 radical (unpaired) electrons. The van der Waals surface area contributed by atoms with E-state index in [0.29, 0.717) is 30.7 Å². The van der Waals surface area contributed by atoms with Gasteiger partial charge in [0.2, 0.25) is 0 Å². The first-order valence-corrected chi connectivity index (χ1v) is 12.3. The third kappa shape index (κ3) is 3.72. The first kappa shape index (κ1) is 21.8. The summed E-state index contributed by atoms with van der Waals surface area (Å²) in [4.78, 5) is 11.9. The fourth-order valence-electron chi connectivity index (χ4n) is 4.44. The van der Waals surface area contributed by atoms with Crippen LogP contribution in [0.4, 0.5) is 0 Å². The van der Waals surface area contributed by atoms with Crippen molar-refractivity contribution < 1.29 is 18.6 Å². The van der Waals surface area contributed by atoms with Gasteiger partial charge in [0.1, 0.15) is 5.82 Å². The van der Waals surface area contributed by atoms with E-state index in [1.807, 2.05) is 6.92 Å². The molecule has 0 saturated heterocycles. The minimum Gasteiger partial charge on any atom is -0.392 e. The van der Waals surface area contributed by atoms with Crippen molar-refractivity contribution >= 4 is 26.8 Å². The van der Waals surface area contributed by atoms with Crippen molar-refractivity contribution in [1.29, 1.82) is 0 Å². The second kappa shape index (κ2) is 7.92. The lowest BCUT2D eigenvalue weighted by Gasteiger charge is -2.41. The maximum Gasteiger partial charge on any atom is 0.199 e. The maximum atomic E-state index is 12.3. The van der Waals surface area contributed by atoms with Crippen LogP contribution in [0, 0.1) is 5.92 Å². The fourth-order valence-corrected chi connectivity index (χ4v) is 5.37. The molecule has 0 bridgehead atoms. The summed E-state index contributed by atoms with van der Waals surface area (Å²) in [5.41, 5.74) is 3.59. The molecule has 3 heterocycles. The molecule has 4 rings (SSSR count). The van der Waals surface area contributed by atoms with Crippen LogP contribution >= 0.6 is 0 Å². The number of fused-ring (bicyclic) bond motifs is 3. The van der Waals surface area contributed by atoms with Crippen LogP contribution in [0.15, 0.2) is 33.3 Å². The number of aromatic nitrogens is 2. The van der Waals surface area contributed by atoms with Gasteiger partial charge in [0, 0.05) is 25.0 Å². The number of allylic oxidation sites excluding steroid dienone is 1. The molecule has 0 saturated carbocycles. The van der Waals surface area contributed by atoms with Gasteiger partial charge < -0.3 is 25.0 Å². The number of imidazole rings is 1. The average molecular weight is 448 g/mol. The monoisotopic (exact) mass is 447 g/mol. The largest absolute Gasteiger partial charge is 0.392 e. The smallest absolute Gasteiger partial charge is 0.199 e. The lowest BCUT2D eigenvalue weighted by molar-refractivity contribution is 0.194. The topological polar surface area (TPSA) is 120 Å². The van der Waals surface area contributed by atoms with Crippen molar-refractivity contribution in [2.75, 3.05) is 26.0 Å². The summed E-state index contributed by atoms with van der Waals surface area (Å²) in [7, 11) is -3.48. The molecule has 2 aromatic rings. The normalized spacial score (nSPS) is 19.6. The van der Waals surface area contributed by atoms with Gasteiger partial charge in [-0.05, 0) is 36.1 Å². The number of aliphatic imine (C=N–C) groups is 1. The molecular weight excluding hydrogens is 418 g/mol. The zero-order valence-corrected chi connectivity index (χ0v) is 19.1. The van der Waals surface area contributed by atoms with E-state index in [-0.39, 0.29) is 30.1 Å². The highest BCUT2D eigenvalue weighted by Crippen LogP contribution is 2.36. The molecule has 9 nitrogen and oxygen atoms in total. The number of rotatable bonds is 4. The highest BCUT2D eigenvalue weighted by atomic mass is 32.2. The van der Waals surface area contributed by atoms with Crippen molar-refractivity contribution in [3.8, 4) is 0 Å². The number of nitrogens with one attached hydrogen (secondary N) is 1. The number of guanidine groups is 1. The Labute approximate surface area is 182 Å². The van der Waals surface area contributed by atoms with Crippen LogP contribution in [-0.2, 0) is 23.0 Å². The van der Waals surface area contributed by atoms with E-state index < -0.39 is 9.84 Å². The summed E-state index contributed by atoms with van der Waals surface area (Å²) in [6.07, 6.45) is 1.16. The van der Waals surface area contributed by atoms with Gasteiger partial charge in [-0.25, -0.2) is 18.4 Å². The second-order valence-corrected chi connectivity index (χ2v) is 10.5. The number of sulfone groups is 1. The quantitative estimate of drug-likeness (QED) is 0.643. The van der Waals surface area contributed by atoms with E-state index in [1.54, 1.807) is 12.1 Å². The van der Waals surface area contributed by atoms with Gasteiger partial charge in [0.05, 0.1) is 41.7 Å². The molecule has 2 aliphatic rings. The Balaban J connectivity index is 1.81. The Bertz CT molecular complexity index is 1200. The lowest BCUT2D eigenvalue weighted by Crippen LogP contribution is -2.50. The van der Waals surface area contributed by atoms with Crippen LogP contribution in [0.25, 0.3) is 11.0 Å². The molecule has 0 spiro atoms. The minimum atomic E-state index is -3.48. The zero-order valence-electron chi connectivity index (χ0n) is 18.3. The standard InChI is InChI=1S/C21H29N5O4S/c1-12(2)19-20-24-16-7-14(10-27)18(31(4,29)30)8-17(16)25(20)5-6-26(19)21-22-9-15(11-28)13(3)23-21/h7-8,12,19,27-28H,5-6,9-11H2,1-4H3,(H,22,23)/t19-/m1/s1. The molecular formula is C21H29N5O4S. The first-order valence-electron chi connectivity index (χ1n) is 10.4. The molecule has 0 unspecified atom stereocenters. The molecule has 2 aliphatic heterocycles. The highest BCUT2D eigenvalue weighted by Gasteiger charge is 2.36. The van der Waals surface area contributed by atoms with E-state index in [4.69, 9.17) is 4.98 Å². The van der Waals surface area contributed by atoms with Gasteiger partial charge in [-0.1, -0.05) is 13.8 Å². The number of aliphatic hydroxyl groups excluding tert-OH is 2. The highest BCUT2D eigenvalue weighted by molar-refractivity contribution is 7.90. The van der Waals surface area contributed by atoms with Gasteiger partial charge >= 0.3 is 0 Å². The predicted molar refractivity (Wildman–Crippen MR) is 118 cm³/mol. The zero-order chi connectivity index (χ0) is 22.5.